The molecule has 2 amide bonds. The minimum atomic E-state index is -4.85. The summed E-state index contributed by atoms with van der Waals surface area (Å²) >= 11 is 5.72. The number of carbonyl (C=O) groups excluding carboxylic acids is 2. The molecule has 0 aliphatic heterocycles. The van der Waals surface area contributed by atoms with Crippen LogP contribution >= 0.6 is 11.6 Å². The molecule has 0 heterocycles. The van der Waals surface area contributed by atoms with E-state index in [1.807, 2.05) is 19.1 Å². The Morgan fingerprint density at radius 3 is 2.20 bits per heavy atom. The molecule has 0 aromatic heterocycles. The van der Waals surface area contributed by atoms with Gasteiger partial charge in [0.1, 0.15) is 12.6 Å². The van der Waals surface area contributed by atoms with E-state index in [0.717, 1.165) is 29.5 Å². The fraction of sp³-hybridized carbons (Fsp3) is 0.286. The summed E-state index contributed by atoms with van der Waals surface area (Å²) in [4.78, 5) is 28.2. The highest BCUT2D eigenvalue weighted by molar-refractivity contribution is 7.92. The first-order chi connectivity index (χ1) is 18.7. The maximum Gasteiger partial charge on any atom is 0.417 e. The maximum absolute atomic E-state index is 13.9. The fourth-order valence-electron chi connectivity index (χ4n) is 4.23. The molecule has 0 saturated carbocycles. The zero-order chi connectivity index (χ0) is 29.7. The summed E-state index contributed by atoms with van der Waals surface area (Å²) in [6.45, 7) is 0.976. The van der Waals surface area contributed by atoms with Gasteiger partial charge in [0.05, 0.1) is 22.5 Å². The SMILES string of the molecule is CNC(=O)[C@@H](Cc1ccccc1)N(Cc1cccc(C)c1)C(=O)CN(c1ccc(Cl)c(C(F)(F)F)c1)S(C)(=O)=O. The minimum Gasteiger partial charge on any atom is -0.357 e. The lowest BCUT2D eigenvalue weighted by Crippen LogP contribution is -2.52. The van der Waals surface area contributed by atoms with E-state index < -0.39 is 51.2 Å². The number of rotatable bonds is 10. The van der Waals surface area contributed by atoms with Crippen molar-refractivity contribution in [2.45, 2.75) is 32.1 Å². The van der Waals surface area contributed by atoms with Crippen molar-refractivity contribution in [1.82, 2.24) is 10.2 Å². The van der Waals surface area contributed by atoms with Crippen LogP contribution in [0.5, 0.6) is 0 Å². The molecule has 0 bridgehead atoms. The molecule has 0 unspecified atom stereocenters. The molecule has 0 fully saturated rings. The summed E-state index contributed by atoms with van der Waals surface area (Å²) in [5, 5.41) is 1.95. The highest BCUT2D eigenvalue weighted by atomic mass is 35.5. The van der Waals surface area contributed by atoms with Crippen LogP contribution in [-0.2, 0) is 38.8 Å². The van der Waals surface area contributed by atoms with Crippen molar-refractivity contribution in [3.8, 4) is 0 Å². The van der Waals surface area contributed by atoms with E-state index in [0.29, 0.717) is 15.9 Å². The number of hydrogen-bond acceptors (Lipinski definition) is 4. The number of carbonyl (C=O) groups is 2. The number of alkyl halides is 3. The lowest BCUT2D eigenvalue weighted by molar-refractivity contribution is -0.139. The van der Waals surface area contributed by atoms with Crippen LogP contribution in [0.3, 0.4) is 0 Å². The first-order valence-electron chi connectivity index (χ1n) is 12.2. The van der Waals surface area contributed by atoms with Crippen molar-refractivity contribution in [3.63, 3.8) is 0 Å². The molecule has 0 spiro atoms. The smallest absolute Gasteiger partial charge is 0.357 e. The number of halogens is 4. The Hall–Kier alpha value is -3.57. The highest BCUT2D eigenvalue weighted by Crippen LogP contribution is 2.37. The van der Waals surface area contributed by atoms with Gasteiger partial charge in [-0.3, -0.25) is 13.9 Å². The summed E-state index contributed by atoms with van der Waals surface area (Å²) in [6, 6.07) is 17.8. The van der Waals surface area contributed by atoms with E-state index in [1.165, 1.54) is 11.9 Å². The number of aryl methyl sites for hydroxylation is 1. The van der Waals surface area contributed by atoms with Crippen molar-refractivity contribution in [3.05, 3.63) is 100 Å². The van der Waals surface area contributed by atoms with Gasteiger partial charge < -0.3 is 10.2 Å². The molecule has 7 nitrogen and oxygen atoms in total. The Labute approximate surface area is 236 Å². The quantitative estimate of drug-likeness (QED) is 0.364. The third kappa shape index (κ3) is 7.98. The molecule has 12 heteroatoms. The standard InChI is InChI=1S/C28H29ClF3N3O4S/c1-19-8-7-11-21(14-19)17-34(25(27(37)33-2)15-20-9-5-4-6-10-20)26(36)18-35(40(3,38)39)22-12-13-24(29)23(16-22)28(30,31)32/h4-14,16,25H,15,17-18H2,1-3H3,(H,33,37)/t25-/m1/s1. The fourth-order valence-corrected chi connectivity index (χ4v) is 5.29. The van der Waals surface area contributed by atoms with Crippen molar-refractivity contribution in [2.24, 2.45) is 0 Å². The van der Waals surface area contributed by atoms with Gasteiger partial charge in [0, 0.05) is 20.0 Å². The number of sulfonamides is 1. The molecule has 0 aliphatic rings. The third-order valence-corrected chi connectivity index (χ3v) is 7.65. The van der Waals surface area contributed by atoms with E-state index in [4.69, 9.17) is 11.6 Å². The Morgan fingerprint density at radius 2 is 1.62 bits per heavy atom. The van der Waals surface area contributed by atoms with Crippen LogP contribution in [0.1, 0.15) is 22.3 Å². The molecule has 0 saturated heterocycles. The zero-order valence-corrected chi connectivity index (χ0v) is 23.6. The van der Waals surface area contributed by atoms with Crippen LogP contribution in [0.2, 0.25) is 5.02 Å². The van der Waals surface area contributed by atoms with Gasteiger partial charge in [-0.15, -0.1) is 0 Å². The number of benzene rings is 3. The molecule has 0 radical (unpaired) electrons. The summed E-state index contributed by atoms with van der Waals surface area (Å²) in [7, 11) is -2.82. The number of nitrogens with zero attached hydrogens (tertiary/aromatic N) is 2. The van der Waals surface area contributed by atoms with Crippen molar-refractivity contribution >= 4 is 39.1 Å². The van der Waals surface area contributed by atoms with Crippen LogP contribution in [0.25, 0.3) is 0 Å². The summed E-state index contributed by atoms with van der Waals surface area (Å²) in [5.74, 6) is -1.26. The van der Waals surface area contributed by atoms with Crippen LogP contribution in [0.4, 0.5) is 18.9 Å². The Morgan fingerprint density at radius 1 is 0.975 bits per heavy atom. The number of nitrogens with one attached hydrogen (secondary N) is 1. The average Bonchev–Trinajstić information content (AvgIpc) is 2.88. The molecule has 40 heavy (non-hydrogen) atoms. The highest BCUT2D eigenvalue weighted by Gasteiger charge is 2.36. The third-order valence-electron chi connectivity index (χ3n) is 6.18. The minimum absolute atomic E-state index is 0.0442. The molecule has 1 atom stereocenters. The number of amides is 2. The molecule has 0 aliphatic carbocycles. The van der Waals surface area contributed by atoms with Gasteiger partial charge >= 0.3 is 6.18 Å². The predicted molar refractivity (Wildman–Crippen MR) is 148 cm³/mol. The molecule has 3 aromatic carbocycles. The van der Waals surface area contributed by atoms with E-state index in [-0.39, 0.29) is 18.7 Å². The predicted octanol–water partition coefficient (Wildman–Crippen LogP) is 4.82. The average molecular weight is 596 g/mol. The zero-order valence-electron chi connectivity index (χ0n) is 22.1. The normalized spacial score (nSPS) is 12.5. The van der Waals surface area contributed by atoms with Gasteiger partial charge in [-0.1, -0.05) is 71.8 Å². The topological polar surface area (TPSA) is 86.8 Å². The molecule has 214 valence electrons. The Balaban J connectivity index is 2.07. The van der Waals surface area contributed by atoms with Gasteiger partial charge in [0.25, 0.3) is 0 Å². The monoisotopic (exact) mass is 595 g/mol. The molecular weight excluding hydrogens is 567 g/mol. The number of likely N-dealkylation sites (N-methyl/N-ethyl adjacent to an activating group) is 1. The van der Waals surface area contributed by atoms with E-state index in [1.54, 1.807) is 42.5 Å². The first kappa shape index (κ1) is 31.0. The van der Waals surface area contributed by atoms with E-state index in [2.05, 4.69) is 5.32 Å². The van der Waals surface area contributed by atoms with Crippen molar-refractivity contribution in [2.75, 3.05) is 24.2 Å². The number of hydrogen-bond donors (Lipinski definition) is 1. The van der Waals surface area contributed by atoms with Crippen molar-refractivity contribution < 1.29 is 31.2 Å². The Kier molecular flexibility index (Phi) is 9.86. The van der Waals surface area contributed by atoms with Gasteiger partial charge in [-0.2, -0.15) is 13.2 Å². The van der Waals surface area contributed by atoms with Crippen LogP contribution < -0.4 is 9.62 Å². The van der Waals surface area contributed by atoms with E-state index in [9.17, 15) is 31.2 Å². The molecule has 1 N–H and O–H groups in total. The lowest BCUT2D eigenvalue weighted by Gasteiger charge is -2.33. The lowest BCUT2D eigenvalue weighted by atomic mass is 10.0. The summed E-state index contributed by atoms with van der Waals surface area (Å²) in [5.41, 5.74) is 0.722. The molecule has 3 rings (SSSR count). The largest absolute Gasteiger partial charge is 0.417 e. The van der Waals surface area contributed by atoms with Crippen LogP contribution in [0.15, 0.2) is 72.8 Å². The van der Waals surface area contributed by atoms with Gasteiger partial charge in [0.15, 0.2) is 0 Å². The molecule has 3 aromatic rings. The second kappa shape index (κ2) is 12.7. The second-order valence-electron chi connectivity index (χ2n) is 9.26. The van der Waals surface area contributed by atoms with E-state index >= 15 is 0 Å². The van der Waals surface area contributed by atoms with Crippen LogP contribution in [-0.4, -0.2) is 51.0 Å². The number of anilines is 1. The maximum atomic E-state index is 13.9. The summed E-state index contributed by atoms with van der Waals surface area (Å²) in [6.07, 6.45) is -3.94. The van der Waals surface area contributed by atoms with Crippen LogP contribution in [0, 0.1) is 6.92 Å². The molecular formula is C28H29ClF3N3O4S. The van der Waals surface area contributed by atoms with Gasteiger partial charge in [0.2, 0.25) is 21.8 Å². The first-order valence-corrected chi connectivity index (χ1v) is 14.4. The van der Waals surface area contributed by atoms with Gasteiger partial charge in [-0.25, -0.2) is 8.42 Å². The Bertz CT molecular complexity index is 1470. The summed E-state index contributed by atoms with van der Waals surface area (Å²) < 4.78 is 66.6. The van der Waals surface area contributed by atoms with Crippen molar-refractivity contribution in [1.29, 1.82) is 0 Å². The van der Waals surface area contributed by atoms with Gasteiger partial charge in [-0.05, 0) is 36.2 Å². The second-order valence-corrected chi connectivity index (χ2v) is 11.6.